The minimum Gasteiger partial charge on any atom is -0.396 e. The Labute approximate surface area is 542 Å². The summed E-state index contributed by atoms with van der Waals surface area (Å²) in [6, 6.07) is 0. The standard InChI is InChI=1S/C6H14O8S5.2C6H14O7S6.C6H14O6S6.C4H10O4S/c7-16(4-2-6-19(12,13)14)17(8)15-3-1-5-18(9,10)11;7-17(4-2-6-19(11,12)13)16-15-14-3-1-5-18(8,9)10;7-17(15-4-2-6-19(11,12)13)16-14-3-1-5-18(8,9)10;7-17(8,9)5-1-3-13-15-16-14-4-2-6-18(10,11)12;5-3-1-2-4-9(6,7)8/h1-6H2,(H,9,10,11)(H,12,13,14);2*1-6H2,(H,8,9,10)(H,11,12,13);1-6H2,(H,7,8,9)(H,10,11,12);5H,1-4H2,(H,6,7,8). The summed E-state index contributed by atoms with van der Waals surface area (Å²) >= 11 is 0. The van der Waals surface area contributed by atoms with Crippen LogP contribution in [0.1, 0.15) is 64.2 Å². The minimum absolute atomic E-state index is 0.0322. The summed E-state index contributed by atoms with van der Waals surface area (Å²) in [6.45, 7) is -0.0322. The molecule has 514 valence electrons. The van der Waals surface area contributed by atoms with Crippen molar-refractivity contribution < 1.29 is 139 Å². The predicted octanol–water partition coefficient (Wildman–Crippen LogP) is 3.94. The molecule has 0 aromatic heterocycles. The first-order valence-electron chi connectivity index (χ1n) is 21.9. The van der Waals surface area contributed by atoms with Gasteiger partial charge >= 0.3 is 0 Å². The van der Waals surface area contributed by atoms with E-state index >= 15 is 0 Å². The van der Waals surface area contributed by atoms with Gasteiger partial charge in [-0.25, -0.2) is 16.8 Å². The lowest BCUT2D eigenvalue weighted by Gasteiger charge is -2.01. The summed E-state index contributed by atoms with van der Waals surface area (Å²) < 4.78 is 307. The van der Waals surface area contributed by atoms with Crippen LogP contribution in [0.2, 0.25) is 0 Å². The van der Waals surface area contributed by atoms with Gasteiger partial charge in [-0.2, -0.15) is 75.8 Å². The highest BCUT2D eigenvalue weighted by Crippen LogP contribution is 2.43. The lowest BCUT2D eigenvalue weighted by molar-refractivity contribution is 0.287. The van der Waals surface area contributed by atoms with Gasteiger partial charge in [-0.05, 0) is 115 Å². The van der Waals surface area contributed by atoms with Gasteiger partial charge in [-0.3, -0.25) is 41.0 Å². The molecule has 0 aromatic rings. The van der Waals surface area contributed by atoms with Crippen molar-refractivity contribution in [2.45, 2.75) is 64.2 Å². The van der Waals surface area contributed by atoms with Gasteiger partial charge in [0.1, 0.15) is 9.83 Å². The highest BCUT2D eigenvalue weighted by atomic mass is 33.7. The van der Waals surface area contributed by atoms with Gasteiger partial charge in [0.25, 0.3) is 91.1 Å². The molecule has 0 rings (SSSR count). The molecular formula is C28H66O32S24. The zero-order valence-corrected chi connectivity index (χ0v) is 62.6. The molecule has 0 fully saturated rings. The topological polar surface area (TPSA) is 578 Å². The van der Waals surface area contributed by atoms with Gasteiger partial charge in [0.15, 0.2) is 17.7 Å². The van der Waals surface area contributed by atoms with Crippen LogP contribution in [0.3, 0.4) is 0 Å². The highest BCUT2D eigenvalue weighted by Gasteiger charge is 2.15. The van der Waals surface area contributed by atoms with Crippen LogP contribution in [0, 0.1) is 0 Å². The highest BCUT2D eigenvalue weighted by molar-refractivity contribution is 9.26. The SMILES string of the molecule is O=S(=O)(O)CCCCO.O=S(=O)(O)CCCSSSSCCCS(=O)(=O)O.O=S(CCCS(=O)(=O)O)S(=O)SCCCS(=O)(=O)O.O=S(CCCS(=O)(=O)O)SSSCCCS(=O)(=O)O.O=S(SCCCS(=O)(=O)O)SSCCCS(=O)(=O)O. The number of hydrogen-bond donors (Lipinski definition) is 10. The molecule has 0 saturated heterocycles. The van der Waals surface area contributed by atoms with Gasteiger partial charge in [-0.15, -0.1) is 0 Å². The van der Waals surface area contributed by atoms with Crippen LogP contribution >= 0.6 is 114 Å². The van der Waals surface area contributed by atoms with E-state index in [1.54, 1.807) is 0 Å². The number of unbranched alkanes of at least 4 members (excludes halogenated alkanes) is 1. The third-order valence-electron chi connectivity index (χ3n) is 6.74. The van der Waals surface area contributed by atoms with E-state index in [9.17, 15) is 92.6 Å². The van der Waals surface area contributed by atoms with E-state index < -0.39 is 146 Å². The molecule has 56 heteroatoms. The lowest BCUT2D eigenvalue weighted by atomic mass is 10.4. The Morgan fingerprint density at radius 2 is 0.560 bits per heavy atom. The summed E-state index contributed by atoms with van der Waals surface area (Å²) in [4.78, 5) is 0. The van der Waals surface area contributed by atoms with Crippen molar-refractivity contribution >= 4 is 242 Å². The van der Waals surface area contributed by atoms with E-state index in [0.717, 1.165) is 41.2 Å². The van der Waals surface area contributed by atoms with Crippen molar-refractivity contribution in [3.05, 3.63) is 0 Å². The third-order valence-corrected chi connectivity index (χ3v) is 42.2. The van der Waals surface area contributed by atoms with E-state index in [0.29, 0.717) is 60.9 Å². The van der Waals surface area contributed by atoms with Crippen LogP contribution < -0.4 is 0 Å². The molecule has 0 bridgehead atoms. The first-order valence-corrected chi connectivity index (χ1v) is 57.0. The minimum atomic E-state index is -4.12. The average molecular weight is 1680 g/mol. The molecule has 4 atom stereocenters. The molecule has 4 unspecified atom stereocenters. The molecule has 0 aliphatic carbocycles. The van der Waals surface area contributed by atoms with Gasteiger partial charge in [0.2, 0.25) is 0 Å². The summed E-state index contributed by atoms with van der Waals surface area (Å²) in [5, 5.41) is 8.19. The molecule has 0 spiro atoms. The molecule has 0 aromatic carbocycles. The second-order valence-corrected chi connectivity index (χ2v) is 55.6. The van der Waals surface area contributed by atoms with Gasteiger partial charge < -0.3 is 5.11 Å². The predicted molar refractivity (Wildman–Crippen MR) is 356 cm³/mol. The quantitative estimate of drug-likeness (QED) is 0.0234. The fourth-order valence-electron chi connectivity index (χ4n) is 3.49. The second-order valence-electron chi connectivity index (χ2n) is 14.5. The maximum Gasteiger partial charge on any atom is 0.264 e. The first-order chi connectivity index (χ1) is 38.0. The number of aliphatic hydroxyl groups is 1. The van der Waals surface area contributed by atoms with Crippen LogP contribution in [0.15, 0.2) is 0 Å². The van der Waals surface area contributed by atoms with E-state index in [1.165, 1.54) is 72.7 Å². The van der Waals surface area contributed by atoms with Crippen LogP contribution in [0.5, 0.6) is 0 Å². The molecule has 0 saturated carbocycles. The first kappa shape index (κ1) is 96.3. The summed E-state index contributed by atoms with van der Waals surface area (Å²) in [7, 11) is -28.1. The molecule has 10 N–H and O–H groups in total. The molecule has 84 heavy (non-hydrogen) atoms. The normalized spacial score (nSPS) is 14.2. The van der Waals surface area contributed by atoms with E-state index in [1.807, 2.05) is 0 Å². The van der Waals surface area contributed by atoms with Crippen molar-refractivity contribution in [3.63, 3.8) is 0 Å². The van der Waals surface area contributed by atoms with Crippen molar-refractivity contribution in [1.29, 1.82) is 0 Å². The molecular weight excluding hydrogens is 1620 g/mol. The van der Waals surface area contributed by atoms with E-state index in [2.05, 4.69) is 0 Å². The van der Waals surface area contributed by atoms with Crippen molar-refractivity contribution in [2.24, 2.45) is 0 Å². The number of rotatable bonds is 47. The number of aliphatic hydroxyl groups excluding tert-OH is 1. The third kappa shape index (κ3) is 102. The monoisotopic (exact) mass is 1680 g/mol. The Bertz CT molecular complexity index is 2860. The Morgan fingerprint density at radius 3 is 0.893 bits per heavy atom. The fourth-order valence-corrected chi connectivity index (χ4v) is 34.9. The number of hydrogen-bond acceptors (Lipinski definition) is 34. The van der Waals surface area contributed by atoms with Crippen LogP contribution in [0.25, 0.3) is 0 Å². The van der Waals surface area contributed by atoms with Crippen LogP contribution in [-0.4, -0.2) is 243 Å². The van der Waals surface area contributed by atoms with Gasteiger partial charge in [0, 0.05) is 72.3 Å². The smallest absolute Gasteiger partial charge is 0.264 e. The summed E-state index contributed by atoms with van der Waals surface area (Å²) in [5.74, 6) is -0.495. The van der Waals surface area contributed by atoms with Gasteiger partial charge in [0.05, 0.1) is 61.6 Å². The maximum atomic E-state index is 11.4. The lowest BCUT2D eigenvalue weighted by Crippen LogP contribution is -2.10. The average Bonchev–Trinajstić information content (AvgIpc) is 3.28. The Kier molecular flexibility index (Phi) is 61.7. The zero-order chi connectivity index (χ0) is 66.4. The fraction of sp³-hybridized carbons (Fsp3) is 1.00. The van der Waals surface area contributed by atoms with Crippen LogP contribution in [-0.2, 0) is 128 Å². The second kappa shape index (κ2) is 53.8. The summed E-state index contributed by atoms with van der Waals surface area (Å²) in [6.07, 6.45) is 2.40. The molecule has 0 amide bonds. The van der Waals surface area contributed by atoms with E-state index in [-0.39, 0.29) is 90.5 Å². The maximum absolute atomic E-state index is 11.4. The molecule has 0 radical (unpaired) electrons. The Balaban J connectivity index is -0.000000315. The van der Waals surface area contributed by atoms with Crippen molar-refractivity contribution in [3.8, 4) is 0 Å². The van der Waals surface area contributed by atoms with Gasteiger partial charge in [-0.1, -0.05) is 43.2 Å². The van der Waals surface area contributed by atoms with Crippen LogP contribution in [0.4, 0.5) is 0 Å². The van der Waals surface area contributed by atoms with Crippen molar-refractivity contribution in [2.75, 3.05) is 104 Å². The summed E-state index contributed by atoms with van der Waals surface area (Å²) in [5.41, 5.74) is 0. The van der Waals surface area contributed by atoms with Crippen molar-refractivity contribution in [1.82, 2.24) is 0 Å². The van der Waals surface area contributed by atoms with E-state index in [4.69, 9.17) is 46.1 Å². The zero-order valence-electron chi connectivity index (χ0n) is 43.1. The Hall–Kier alpha value is 3.60. The largest absolute Gasteiger partial charge is 0.396 e. The molecule has 0 heterocycles. The molecule has 0 aliphatic heterocycles. The Morgan fingerprint density at radius 1 is 0.286 bits per heavy atom. The molecule has 32 nitrogen and oxygen atoms in total. The molecule has 0 aliphatic rings.